The Labute approximate surface area is 135 Å². The second-order valence-electron chi connectivity index (χ2n) is 4.81. The Hall–Kier alpha value is -1.47. The minimum Gasteiger partial charge on any atom is -0.458 e. The summed E-state index contributed by atoms with van der Waals surface area (Å²) in [5.41, 5.74) is 0. The molecule has 21 heavy (non-hydrogen) atoms. The van der Waals surface area contributed by atoms with Crippen LogP contribution in [-0.4, -0.2) is 40.0 Å². The Bertz CT molecular complexity index is 603. The lowest BCUT2D eigenvalue weighted by Crippen LogP contribution is -2.32. The maximum absolute atomic E-state index is 12.2. The van der Waals surface area contributed by atoms with Crippen molar-refractivity contribution in [2.24, 2.45) is 0 Å². The summed E-state index contributed by atoms with van der Waals surface area (Å²) in [6, 6.07) is 4.31. The van der Waals surface area contributed by atoms with Crippen LogP contribution < -0.4 is 4.74 Å². The van der Waals surface area contributed by atoms with Crippen molar-refractivity contribution in [2.75, 3.05) is 13.1 Å². The van der Waals surface area contributed by atoms with E-state index in [-0.39, 0.29) is 12.0 Å². The summed E-state index contributed by atoms with van der Waals surface area (Å²) in [4.78, 5) is 23.3. The molecule has 0 spiro atoms. The molecule has 2 aromatic heterocycles. The molecule has 0 saturated carbocycles. The highest BCUT2D eigenvalue weighted by Gasteiger charge is 2.28. The monoisotopic (exact) mass is 367 g/mol. The average Bonchev–Trinajstić information content (AvgIpc) is 3.13. The van der Waals surface area contributed by atoms with Gasteiger partial charge in [-0.2, -0.15) is 0 Å². The summed E-state index contributed by atoms with van der Waals surface area (Å²) in [5.74, 6) is 0.153. The van der Waals surface area contributed by atoms with Crippen molar-refractivity contribution in [3.05, 3.63) is 39.3 Å². The summed E-state index contributed by atoms with van der Waals surface area (Å²) in [7, 11) is 0. The number of carbonyl (C=O) groups is 1. The van der Waals surface area contributed by atoms with Crippen LogP contribution in [0.2, 0.25) is 0 Å². The fourth-order valence-corrected chi connectivity index (χ4v) is 3.14. The van der Waals surface area contributed by atoms with Crippen molar-refractivity contribution >= 4 is 33.2 Å². The number of hydrogen-bond donors (Lipinski definition) is 0. The molecular weight excluding hydrogens is 354 g/mol. The molecule has 0 radical (unpaired) electrons. The van der Waals surface area contributed by atoms with Crippen molar-refractivity contribution in [3.8, 4) is 6.01 Å². The number of halogens is 1. The summed E-state index contributed by atoms with van der Waals surface area (Å²) in [5, 5.41) is 1.99. The molecule has 1 fully saturated rings. The van der Waals surface area contributed by atoms with Crippen LogP contribution in [0.3, 0.4) is 0 Å². The molecule has 1 saturated heterocycles. The minimum atomic E-state index is -0.0292. The first kappa shape index (κ1) is 14.5. The number of amides is 1. The molecule has 7 heteroatoms. The van der Waals surface area contributed by atoms with Crippen LogP contribution >= 0.6 is 27.3 Å². The molecule has 0 unspecified atom stereocenters. The Morgan fingerprint density at radius 2 is 2.29 bits per heavy atom. The topological polar surface area (TPSA) is 55.3 Å². The molecule has 1 atom stereocenters. The fraction of sp³-hybridized carbons (Fsp3) is 0.357. The number of likely N-dealkylation sites (tertiary alicyclic amines) is 1. The van der Waals surface area contributed by atoms with E-state index >= 15 is 0 Å². The van der Waals surface area contributed by atoms with Gasteiger partial charge in [-0.3, -0.25) is 4.79 Å². The SMILES string of the molecule is O=C(Cc1cccs1)N1CC[C@H](Oc2ncc(Br)cn2)C1. The molecular formula is C14H14BrN3O2S. The standard InChI is InChI=1S/C14H14BrN3O2S/c15-10-7-16-14(17-8-10)20-11-3-4-18(9-11)13(19)6-12-2-1-5-21-12/h1-2,5,7-8,11H,3-4,6,9H2/t11-/m0/s1. The van der Waals surface area contributed by atoms with E-state index in [1.54, 1.807) is 23.7 Å². The second kappa shape index (κ2) is 6.53. The first-order valence-electron chi connectivity index (χ1n) is 6.65. The summed E-state index contributed by atoms with van der Waals surface area (Å²) >= 11 is 4.89. The molecule has 2 aromatic rings. The van der Waals surface area contributed by atoms with Gasteiger partial charge >= 0.3 is 6.01 Å². The van der Waals surface area contributed by atoms with E-state index in [4.69, 9.17) is 4.74 Å². The Balaban J connectivity index is 1.53. The lowest BCUT2D eigenvalue weighted by Gasteiger charge is -2.16. The van der Waals surface area contributed by atoms with Crippen LogP contribution in [0.25, 0.3) is 0 Å². The number of ether oxygens (including phenoxy) is 1. The van der Waals surface area contributed by atoms with Gasteiger partial charge in [0.15, 0.2) is 0 Å². The molecule has 1 aliphatic heterocycles. The van der Waals surface area contributed by atoms with Gasteiger partial charge in [0.05, 0.1) is 17.4 Å². The second-order valence-corrected chi connectivity index (χ2v) is 6.76. The zero-order valence-corrected chi connectivity index (χ0v) is 13.6. The normalized spacial score (nSPS) is 18.0. The van der Waals surface area contributed by atoms with E-state index in [0.717, 1.165) is 22.3 Å². The van der Waals surface area contributed by atoms with Gasteiger partial charge in [0.2, 0.25) is 5.91 Å². The third kappa shape index (κ3) is 3.79. The molecule has 0 aromatic carbocycles. The molecule has 110 valence electrons. The van der Waals surface area contributed by atoms with Crippen molar-refractivity contribution < 1.29 is 9.53 Å². The van der Waals surface area contributed by atoms with Crippen LogP contribution in [0.5, 0.6) is 6.01 Å². The van der Waals surface area contributed by atoms with Gasteiger partial charge in [0.1, 0.15) is 6.10 Å². The zero-order valence-electron chi connectivity index (χ0n) is 11.2. The average molecular weight is 368 g/mol. The molecule has 3 rings (SSSR count). The quantitative estimate of drug-likeness (QED) is 0.832. The maximum atomic E-state index is 12.2. The highest BCUT2D eigenvalue weighted by atomic mass is 79.9. The van der Waals surface area contributed by atoms with Gasteiger partial charge in [0.25, 0.3) is 0 Å². The van der Waals surface area contributed by atoms with E-state index in [0.29, 0.717) is 19.0 Å². The Kier molecular flexibility index (Phi) is 4.50. The molecule has 0 aliphatic carbocycles. The Morgan fingerprint density at radius 1 is 1.48 bits per heavy atom. The zero-order chi connectivity index (χ0) is 14.7. The van der Waals surface area contributed by atoms with Gasteiger partial charge in [-0.25, -0.2) is 9.97 Å². The van der Waals surface area contributed by atoms with Gasteiger partial charge in [-0.15, -0.1) is 11.3 Å². The van der Waals surface area contributed by atoms with Crippen LogP contribution in [0.15, 0.2) is 34.4 Å². The Morgan fingerprint density at radius 3 is 3.00 bits per heavy atom. The van der Waals surface area contributed by atoms with Crippen molar-refractivity contribution in [1.82, 2.24) is 14.9 Å². The van der Waals surface area contributed by atoms with E-state index in [2.05, 4.69) is 25.9 Å². The van der Waals surface area contributed by atoms with E-state index in [1.165, 1.54) is 0 Å². The number of nitrogens with zero attached hydrogens (tertiary/aromatic N) is 3. The van der Waals surface area contributed by atoms with Gasteiger partial charge in [-0.05, 0) is 27.4 Å². The summed E-state index contributed by atoms with van der Waals surface area (Å²) in [6.07, 6.45) is 4.56. The predicted octanol–water partition coefficient (Wildman–Crippen LogP) is 2.52. The molecule has 1 aliphatic rings. The number of carbonyl (C=O) groups excluding carboxylic acids is 1. The van der Waals surface area contributed by atoms with Gasteiger partial charge < -0.3 is 9.64 Å². The van der Waals surface area contributed by atoms with Gasteiger partial charge in [-0.1, -0.05) is 6.07 Å². The molecule has 3 heterocycles. The van der Waals surface area contributed by atoms with E-state index in [1.807, 2.05) is 22.4 Å². The third-order valence-electron chi connectivity index (χ3n) is 3.27. The number of aromatic nitrogens is 2. The van der Waals surface area contributed by atoms with E-state index < -0.39 is 0 Å². The van der Waals surface area contributed by atoms with Crippen molar-refractivity contribution in [1.29, 1.82) is 0 Å². The minimum absolute atomic E-state index is 0.0292. The predicted molar refractivity (Wildman–Crippen MR) is 83.4 cm³/mol. The largest absolute Gasteiger partial charge is 0.458 e. The van der Waals surface area contributed by atoms with Gasteiger partial charge in [0, 0.05) is 30.2 Å². The number of hydrogen-bond acceptors (Lipinski definition) is 5. The first-order valence-corrected chi connectivity index (χ1v) is 8.32. The molecule has 5 nitrogen and oxygen atoms in total. The third-order valence-corrected chi connectivity index (χ3v) is 4.56. The summed E-state index contributed by atoms with van der Waals surface area (Å²) < 4.78 is 6.53. The molecule has 0 bridgehead atoms. The maximum Gasteiger partial charge on any atom is 0.316 e. The van der Waals surface area contributed by atoms with Crippen LogP contribution in [-0.2, 0) is 11.2 Å². The lowest BCUT2D eigenvalue weighted by molar-refractivity contribution is -0.129. The highest BCUT2D eigenvalue weighted by Crippen LogP contribution is 2.18. The molecule has 1 amide bonds. The van der Waals surface area contributed by atoms with E-state index in [9.17, 15) is 4.79 Å². The lowest BCUT2D eigenvalue weighted by atomic mass is 10.3. The fourth-order valence-electron chi connectivity index (χ4n) is 2.24. The number of thiophene rings is 1. The smallest absolute Gasteiger partial charge is 0.316 e. The van der Waals surface area contributed by atoms with Crippen LogP contribution in [0, 0.1) is 0 Å². The van der Waals surface area contributed by atoms with Crippen LogP contribution in [0.4, 0.5) is 0 Å². The van der Waals surface area contributed by atoms with Crippen LogP contribution in [0.1, 0.15) is 11.3 Å². The highest BCUT2D eigenvalue weighted by molar-refractivity contribution is 9.10. The van der Waals surface area contributed by atoms with Crippen molar-refractivity contribution in [2.45, 2.75) is 18.9 Å². The molecule has 0 N–H and O–H groups in total. The first-order chi connectivity index (χ1) is 10.2. The number of rotatable bonds is 4. The van der Waals surface area contributed by atoms with Crippen molar-refractivity contribution in [3.63, 3.8) is 0 Å². The summed E-state index contributed by atoms with van der Waals surface area (Å²) in [6.45, 7) is 1.33.